The predicted octanol–water partition coefficient (Wildman–Crippen LogP) is 5.44. The first-order valence-electron chi connectivity index (χ1n) is 11.5. The number of ketones is 1. The van der Waals surface area contributed by atoms with Crippen LogP contribution in [0, 0.1) is 5.92 Å². The van der Waals surface area contributed by atoms with Crippen LogP contribution in [0.3, 0.4) is 0 Å². The minimum Gasteiger partial charge on any atom is -0.431 e. The summed E-state index contributed by atoms with van der Waals surface area (Å²) in [5, 5.41) is 0. The van der Waals surface area contributed by atoms with Crippen molar-refractivity contribution in [2.45, 2.75) is 32.7 Å². The summed E-state index contributed by atoms with van der Waals surface area (Å²) in [7, 11) is 0. The van der Waals surface area contributed by atoms with Gasteiger partial charge in [0.15, 0.2) is 6.10 Å². The number of amides is 2. The van der Waals surface area contributed by atoms with Crippen molar-refractivity contribution in [2.75, 3.05) is 0 Å². The number of ether oxygens (including phenoxy) is 3. The summed E-state index contributed by atoms with van der Waals surface area (Å²) >= 11 is 0. The number of allylic oxidation sites excluding steroid dienone is 2. The molecule has 190 valence electrons. The topological polar surface area (TPSA) is 121 Å². The van der Waals surface area contributed by atoms with Gasteiger partial charge < -0.3 is 14.2 Å². The summed E-state index contributed by atoms with van der Waals surface area (Å²) in [6.07, 6.45) is 0.105. The van der Waals surface area contributed by atoms with Crippen LogP contribution in [0.15, 0.2) is 95.5 Å². The van der Waals surface area contributed by atoms with Crippen LogP contribution in [0.4, 0.5) is 9.59 Å². The molecule has 2 aromatic carbocycles. The maximum Gasteiger partial charge on any atom is 0.436 e. The number of carbonyl (C=O) groups excluding carboxylic acids is 4. The Balaban J connectivity index is 1.73. The second-order valence-electron chi connectivity index (χ2n) is 8.03. The summed E-state index contributed by atoms with van der Waals surface area (Å²) in [6.45, 7) is 6.44. The quantitative estimate of drug-likeness (QED) is 0.214. The van der Waals surface area contributed by atoms with Crippen molar-refractivity contribution in [3.63, 3.8) is 0 Å². The van der Waals surface area contributed by atoms with Gasteiger partial charge in [-0.25, -0.2) is 14.4 Å². The number of rotatable bonds is 7. The van der Waals surface area contributed by atoms with Crippen LogP contribution in [0.5, 0.6) is 0 Å². The van der Waals surface area contributed by atoms with Gasteiger partial charge in [-0.2, -0.15) is 9.98 Å². The van der Waals surface area contributed by atoms with Crippen molar-refractivity contribution < 1.29 is 33.4 Å². The van der Waals surface area contributed by atoms with Gasteiger partial charge in [0.25, 0.3) is 0 Å². The molecule has 1 aliphatic carbocycles. The number of carbonyl (C=O) groups is 4. The van der Waals surface area contributed by atoms with Gasteiger partial charge in [0.1, 0.15) is 0 Å². The van der Waals surface area contributed by atoms with Gasteiger partial charge in [-0.05, 0) is 6.08 Å². The lowest BCUT2D eigenvalue weighted by atomic mass is 9.94. The van der Waals surface area contributed by atoms with Crippen molar-refractivity contribution in [1.29, 1.82) is 0 Å². The van der Waals surface area contributed by atoms with Gasteiger partial charge in [0.2, 0.25) is 12.1 Å². The fourth-order valence-corrected chi connectivity index (χ4v) is 3.41. The van der Waals surface area contributed by atoms with Crippen LogP contribution < -0.4 is 0 Å². The smallest absolute Gasteiger partial charge is 0.431 e. The third-order valence-electron chi connectivity index (χ3n) is 5.27. The van der Waals surface area contributed by atoms with Crippen LogP contribution in [-0.2, 0) is 19.0 Å². The van der Waals surface area contributed by atoms with E-state index in [-0.39, 0.29) is 18.1 Å². The third kappa shape index (κ3) is 7.93. The molecule has 0 spiro atoms. The van der Waals surface area contributed by atoms with E-state index in [1.54, 1.807) is 72.8 Å². The van der Waals surface area contributed by atoms with Crippen molar-refractivity contribution in [3.8, 4) is 0 Å². The Morgan fingerprint density at radius 1 is 0.919 bits per heavy atom. The summed E-state index contributed by atoms with van der Waals surface area (Å²) < 4.78 is 15.2. The maximum absolute atomic E-state index is 13.1. The second-order valence-corrected chi connectivity index (χ2v) is 8.03. The molecule has 0 aromatic heterocycles. The monoisotopic (exact) mass is 502 g/mol. The average Bonchev–Trinajstić information content (AvgIpc) is 2.89. The molecule has 3 atom stereocenters. The molecule has 0 bridgehead atoms. The van der Waals surface area contributed by atoms with Crippen LogP contribution in [0.2, 0.25) is 0 Å². The molecule has 9 heteroatoms. The van der Waals surface area contributed by atoms with Crippen molar-refractivity contribution >= 4 is 35.4 Å². The molecule has 9 nitrogen and oxygen atoms in total. The third-order valence-corrected chi connectivity index (χ3v) is 5.27. The number of benzene rings is 2. The Morgan fingerprint density at radius 2 is 1.54 bits per heavy atom. The molecule has 0 radical (unpaired) electrons. The molecule has 0 aliphatic heterocycles. The van der Waals surface area contributed by atoms with Crippen molar-refractivity contribution in [2.24, 2.45) is 15.9 Å². The summed E-state index contributed by atoms with van der Waals surface area (Å²) in [5.74, 6) is -1.36. The molecule has 0 saturated heterocycles. The van der Waals surface area contributed by atoms with Gasteiger partial charge in [-0.1, -0.05) is 80.2 Å². The fourth-order valence-electron chi connectivity index (χ4n) is 3.41. The molecule has 0 heterocycles. The summed E-state index contributed by atoms with van der Waals surface area (Å²) in [5.41, 5.74) is 1.58. The minimum atomic E-state index is -1.19. The molecule has 37 heavy (non-hydrogen) atoms. The van der Waals surface area contributed by atoms with Gasteiger partial charge >= 0.3 is 18.2 Å². The van der Waals surface area contributed by atoms with E-state index in [0.717, 1.165) is 6.08 Å². The molecule has 3 unspecified atom stereocenters. The van der Waals surface area contributed by atoms with Crippen molar-refractivity contribution in [3.05, 3.63) is 96.6 Å². The first-order valence-corrected chi connectivity index (χ1v) is 11.5. The molecule has 3 rings (SSSR count). The lowest BCUT2D eigenvalue weighted by Gasteiger charge is -2.18. The number of hydrogen-bond acceptors (Lipinski definition) is 7. The zero-order valence-electron chi connectivity index (χ0n) is 20.4. The molecule has 1 aliphatic rings. The average molecular weight is 503 g/mol. The number of esters is 1. The van der Waals surface area contributed by atoms with E-state index in [0.29, 0.717) is 22.6 Å². The number of Topliss-reactive ketones (excluding diaryl/α,β-unsaturated/α-hetero) is 1. The SMILES string of the molecule is C=CC(=O)OC(C)OC(=O)N=C1CC(=NC(=O)OC(C(=O)c2ccccc2)c2ccccc2)C=CC1C. The van der Waals surface area contributed by atoms with E-state index in [1.165, 1.54) is 6.92 Å². The zero-order chi connectivity index (χ0) is 26.8. The Labute approximate surface area is 214 Å². The van der Waals surface area contributed by atoms with E-state index < -0.39 is 30.5 Å². The predicted molar refractivity (Wildman–Crippen MR) is 136 cm³/mol. The van der Waals surface area contributed by atoms with E-state index in [4.69, 9.17) is 14.2 Å². The van der Waals surface area contributed by atoms with E-state index >= 15 is 0 Å². The fraction of sp³-hybridized carbons (Fsp3) is 0.214. The van der Waals surface area contributed by atoms with Crippen molar-refractivity contribution in [1.82, 2.24) is 0 Å². The largest absolute Gasteiger partial charge is 0.436 e. The minimum absolute atomic E-state index is 0.0747. The zero-order valence-corrected chi connectivity index (χ0v) is 20.4. The molecule has 2 aromatic rings. The van der Waals surface area contributed by atoms with E-state index in [9.17, 15) is 19.2 Å². The Morgan fingerprint density at radius 3 is 2.19 bits per heavy atom. The molecular weight excluding hydrogens is 476 g/mol. The highest BCUT2D eigenvalue weighted by molar-refractivity contribution is 6.17. The number of nitrogens with zero attached hydrogens (tertiary/aromatic N) is 2. The molecule has 2 amide bonds. The maximum atomic E-state index is 13.1. The van der Waals surface area contributed by atoms with E-state index in [1.807, 2.05) is 6.92 Å². The lowest BCUT2D eigenvalue weighted by Crippen LogP contribution is -2.24. The van der Waals surface area contributed by atoms with Crippen LogP contribution >= 0.6 is 0 Å². The number of hydrogen-bond donors (Lipinski definition) is 0. The van der Waals surface area contributed by atoms with Crippen LogP contribution in [0.1, 0.15) is 42.3 Å². The molecule has 0 saturated carbocycles. The highest BCUT2D eigenvalue weighted by Gasteiger charge is 2.27. The first-order chi connectivity index (χ1) is 17.8. The second kappa shape index (κ2) is 12.9. The van der Waals surface area contributed by atoms with Gasteiger partial charge in [0, 0.05) is 42.2 Å². The summed E-state index contributed by atoms with van der Waals surface area (Å²) in [6, 6.07) is 17.2. The normalized spacial score (nSPS) is 18.5. The highest BCUT2D eigenvalue weighted by Crippen LogP contribution is 2.24. The molecule has 0 N–H and O–H groups in total. The Bertz CT molecular complexity index is 1250. The summed E-state index contributed by atoms with van der Waals surface area (Å²) in [4.78, 5) is 57.1. The highest BCUT2D eigenvalue weighted by atomic mass is 16.7. The van der Waals surface area contributed by atoms with Gasteiger partial charge in [-0.15, -0.1) is 0 Å². The standard InChI is InChI=1S/C28H26N2O7/c1-4-24(31)35-19(3)36-28(34)30-23-17-22(16-15-18(23)2)29-27(33)37-26(21-13-9-6-10-14-21)25(32)20-11-7-5-8-12-20/h4-16,18-19,26H,1,17H2,2-3H3. The Hall–Kier alpha value is -4.66. The molecular formula is C28H26N2O7. The Kier molecular flexibility index (Phi) is 9.37. The van der Waals surface area contributed by atoms with Gasteiger partial charge in [0.05, 0.1) is 5.71 Å². The molecule has 0 fully saturated rings. The van der Waals surface area contributed by atoms with Gasteiger partial charge in [-0.3, -0.25) is 4.79 Å². The van der Waals surface area contributed by atoms with Crippen LogP contribution in [-0.4, -0.2) is 41.7 Å². The first kappa shape index (κ1) is 26.9. The van der Waals surface area contributed by atoms with Crippen LogP contribution in [0.25, 0.3) is 0 Å². The lowest BCUT2D eigenvalue weighted by molar-refractivity contribution is -0.158. The number of aliphatic imine (C=N–C) groups is 2. The van der Waals surface area contributed by atoms with E-state index in [2.05, 4.69) is 16.6 Å².